The van der Waals surface area contributed by atoms with Crippen molar-refractivity contribution in [3.63, 3.8) is 0 Å². The van der Waals surface area contributed by atoms with Crippen molar-refractivity contribution in [1.82, 2.24) is 5.32 Å². The molecule has 3 heteroatoms. The van der Waals surface area contributed by atoms with E-state index in [9.17, 15) is 0 Å². The van der Waals surface area contributed by atoms with E-state index in [2.05, 4.69) is 33.8 Å². The van der Waals surface area contributed by atoms with E-state index in [-0.39, 0.29) is 0 Å². The van der Waals surface area contributed by atoms with Gasteiger partial charge in [0.25, 0.3) is 0 Å². The molecule has 0 bridgehead atoms. The summed E-state index contributed by atoms with van der Waals surface area (Å²) >= 11 is 0. The quantitative estimate of drug-likeness (QED) is 0.758. The van der Waals surface area contributed by atoms with Crippen LogP contribution in [0.4, 0.5) is 5.69 Å². The summed E-state index contributed by atoms with van der Waals surface area (Å²) in [6.45, 7) is 3.05. The molecule has 2 N–H and O–H groups in total. The molecule has 1 atom stereocenters. The molecule has 3 rings (SSSR count). The molecule has 0 saturated carbocycles. The van der Waals surface area contributed by atoms with Crippen LogP contribution >= 0.6 is 0 Å². The molecule has 1 fully saturated rings. The second kappa shape index (κ2) is 3.66. The third-order valence-corrected chi connectivity index (χ3v) is 3.07. The van der Waals surface area contributed by atoms with Crippen molar-refractivity contribution in [1.29, 1.82) is 0 Å². The molecule has 1 aromatic rings. The van der Waals surface area contributed by atoms with Gasteiger partial charge in [0.15, 0.2) is 0 Å². The van der Waals surface area contributed by atoms with Crippen molar-refractivity contribution < 1.29 is 0 Å². The highest BCUT2D eigenvalue weighted by Crippen LogP contribution is 2.20. The zero-order chi connectivity index (χ0) is 10.1. The molecule has 78 valence electrons. The van der Waals surface area contributed by atoms with Gasteiger partial charge >= 0.3 is 0 Å². The van der Waals surface area contributed by atoms with Gasteiger partial charge in [0.2, 0.25) is 0 Å². The molecule has 3 nitrogen and oxygen atoms in total. The van der Waals surface area contributed by atoms with E-state index in [1.54, 1.807) is 0 Å². The third kappa shape index (κ3) is 1.75. The van der Waals surface area contributed by atoms with Crippen molar-refractivity contribution >= 4 is 11.9 Å². The standard InChI is InChI=1S/C12H15N3/c1-2-11(15-12-3-4-13-8-12)5-10-7-14-6-9(1)10/h1-2,5,7,12-13,15H,3-4,6,8H2. The Hall–Kier alpha value is -1.35. The van der Waals surface area contributed by atoms with Gasteiger partial charge in [-0.05, 0) is 36.2 Å². The van der Waals surface area contributed by atoms with Crippen LogP contribution in [-0.4, -0.2) is 25.3 Å². The SMILES string of the molecule is C1=NCc2ccc(NC3CCNC3)cc21. The maximum atomic E-state index is 4.26. The van der Waals surface area contributed by atoms with Crippen LogP contribution in [0.25, 0.3) is 0 Å². The van der Waals surface area contributed by atoms with Crippen molar-refractivity contribution in [3.05, 3.63) is 29.3 Å². The minimum Gasteiger partial charge on any atom is -0.381 e. The highest BCUT2D eigenvalue weighted by molar-refractivity contribution is 5.86. The van der Waals surface area contributed by atoms with Crippen LogP contribution in [-0.2, 0) is 6.54 Å². The Balaban J connectivity index is 1.77. The molecular formula is C12H15N3. The molecule has 1 unspecified atom stereocenters. The van der Waals surface area contributed by atoms with E-state index in [0.29, 0.717) is 6.04 Å². The second-order valence-electron chi connectivity index (χ2n) is 4.22. The van der Waals surface area contributed by atoms with Crippen molar-refractivity contribution in [2.75, 3.05) is 18.4 Å². The first-order chi connectivity index (χ1) is 7.42. The number of fused-ring (bicyclic) bond motifs is 1. The van der Waals surface area contributed by atoms with E-state index in [1.807, 2.05) is 6.21 Å². The smallest absolute Gasteiger partial charge is 0.0646 e. The number of aliphatic imine (C=N–C) groups is 1. The lowest BCUT2D eigenvalue weighted by Crippen LogP contribution is -2.22. The zero-order valence-corrected chi connectivity index (χ0v) is 8.66. The Kier molecular flexibility index (Phi) is 2.18. The highest BCUT2D eigenvalue weighted by atomic mass is 15.0. The molecule has 0 aliphatic carbocycles. The van der Waals surface area contributed by atoms with Crippen LogP contribution in [0.2, 0.25) is 0 Å². The molecule has 0 radical (unpaired) electrons. The summed E-state index contributed by atoms with van der Waals surface area (Å²) < 4.78 is 0. The van der Waals surface area contributed by atoms with E-state index >= 15 is 0 Å². The third-order valence-electron chi connectivity index (χ3n) is 3.07. The summed E-state index contributed by atoms with van der Waals surface area (Å²) in [6, 6.07) is 7.12. The van der Waals surface area contributed by atoms with Gasteiger partial charge in [-0.15, -0.1) is 0 Å². The number of hydrogen-bond donors (Lipinski definition) is 2. The van der Waals surface area contributed by atoms with Gasteiger partial charge in [-0.3, -0.25) is 4.99 Å². The van der Waals surface area contributed by atoms with E-state index in [4.69, 9.17) is 0 Å². The Morgan fingerprint density at radius 2 is 2.40 bits per heavy atom. The summed E-state index contributed by atoms with van der Waals surface area (Å²) in [4.78, 5) is 4.26. The van der Waals surface area contributed by atoms with Gasteiger partial charge in [-0.2, -0.15) is 0 Å². The largest absolute Gasteiger partial charge is 0.381 e. The molecule has 2 aliphatic heterocycles. The van der Waals surface area contributed by atoms with Crippen molar-refractivity contribution in [2.45, 2.75) is 19.0 Å². The summed E-state index contributed by atoms with van der Waals surface area (Å²) in [7, 11) is 0. The lowest BCUT2D eigenvalue weighted by atomic mass is 10.1. The topological polar surface area (TPSA) is 36.4 Å². The van der Waals surface area contributed by atoms with E-state index < -0.39 is 0 Å². The Labute approximate surface area is 89.6 Å². The lowest BCUT2D eigenvalue weighted by Gasteiger charge is -2.13. The lowest BCUT2D eigenvalue weighted by molar-refractivity contribution is 0.793. The summed E-state index contributed by atoms with van der Waals surface area (Å²) in [6.07, 6.45) is 3.18. The van der Waals surface area contributed by atoms with Gasteiger partial charge in [0, 0.05) is 24.5 Å². The number of anilines is 1. The molecule has 0 aromatic heterocycles. The van der Waals surface area contributed by atoms with E-state index in [0.717, 1.165) is 19.6 Å². The Morgan fingerprint density at radius 1 is 1.40 bits per heavy atom. The number of nitrogens with zero attached hydrogens (tertiary/aromatic N) is 1. The average Bonchev–Trinajstić information content (AvgIpc) is 2.87. The zero-order valence-electron chi connectivity index (χ0n) is 8.66. The fourth-order valence-electron chi connectivity index (χ4n) is 2.20. The van der Waals surface area contributed by atoms with Crippen molar-refractivity contribution in [3.8, 4) is 0 Å². The maximum Gasteiger partial charge on any atom is 0.0646 e. The number of benzene rings is 1. The second-order valence-corrected chi connectivity index (χ2v) is 4.22. The number of nitrogens with one attached hydrogen (secondary N) is 2. The van der Waals surface area contributed by atoms with Crippen LogP contribution < -0.4 is 10.6 Å². The molecule has 0 amide bonds. The minimum absolute atomic E-state index is 0.585. The Bertz CT molecular complexity index is 392. The predicted octanol–water partition coefficient (Wildman–Crippen LogP) is 1.39. The van der Waals surface area contributed by atoms with Crippen LogP contribution in [0.15, 0.2) is 23.2 Å². The van der Waals surface area contributed by atoms with Gasteiger partial charge < -0.3 is 10.6 Å². The van der Waals surface area contributed by atoms with Gasteiger partial charge in [0.05, 0.1) is 6.54 Å². The first-order valence-corrected chi connectivity index (χ1v) is 5.52. The molecule has 0 spiro atoms. The average molecular weight is 201 g/mol. The first kappa shape index (κ1) is 8.92. The molecule has 15 heavy (non-hydrogen) atoms. The minimum atomic E-state index is 0.585. The van der Waals surface area contributed by atoms with Crippen LogP contribution in [0.5, 0.6) is 0 Å². The molecular weight excluding hydrogens is 186 g/mol. The van der Waals surface area contributed by atoms with Crippen LogP contribution in [0.3, 0.4) is 0 Å². The normalized spacial score (nSPS) is 23.1. The first-order valence-electron chi connectivity index (χ1n) is 5.52. The number of hydrogen-bond acceptors (Lipinski definition) is 3. The number of rotatable bonds is 2. The maximum absolute atomic E-state index is 4.26. The van der Waals surface area contributed by atoms with Gasteiger partial charge in [0.1, 0.15) is 0 Å². The van der Waals surface area contributed by atoms with Gasteiger partial charge in [-0.25, -0.2) is 0 Å². The Morgan fingerprint density at radius 3 is 3.27 bits per heavy atom. The summed E-state index contributed by atoms with van der Waals surface area (Å²) in [5.74, 6) is 0. The molecule has 2 aliphatic rings. The molecule has 2 heterocycles. The monoisotopic (exact) mass is 201 g/mol. The van der Waals surface area contributed by atoms with Crippen molar-refractivity contribution in [2.24, 2.45) is 4.99 Å². The van der Waals surface area contributed by atoms with Gasteiger partial charge in [-0.1, -0.05) is 6.07 Å². The van der Waals surface area contributed by atoms with Crippen LogP contribution in [0.1, 0.15) is 17.5 Å². The molecule has 1 saturated heterocycles. The predicted molar refractivity (Wildman–Crippen MR) is 62.6 cm³/mol. The summed E-state index contributed by atoms with van der Waals surface area (Å²) in [5.41, 5.74) is 3.83. The van der Waals surface area contributed by atoms with Crippen LogP contribution in [0, 0.1) is 0 Å². The van der Waals surface area contributed by atoms with E-state index in [1.165, 1.54) is 23.2 Å². The summed E-state index contributed by atoms with van der Waals surface area (Å²) in [5, 5.41) is 6.90. The fraction of sp³-hybridized carbons (Fsp3) is 0.417. The molecule has 1 aromatic carbocycles. The highest BCUT2D eigenvalue weighted by Gasteiger charge is 2.14. The fourth-order valence-corrected chi connectivity index (χ4v) is 2.20.